The first-order valence-corrected chi connectivity index (χ1v) is 6.85. The summed E-state index contributed by atoms with van der Waals surface area (Å²) >= 11 is 1.24. The number of benzene rings is 1. The van der Waals surface area contributed by atoms with Crippen LogP contribution >= 0.6 is 11.3 Å². The number of nitrogens with one attached hydrogen (secondary N) is 1. The van der Waals surface area contributed by atoms with Gasteiger partial charge in [-0.15, -0.1) is 10.2 Å². The second kappa shape index (κ2) is 5.76. The molecule has 7 heteroatoms. The summed E-state index contributed by atoms with van der Waals surface area (Å²) in [4.78, 5) is 16.0. The summed E-state index contributed by atoms with van der Waals surface area (Å²) in [5.74, 6) is -0.745. The Hall–Kier alpha value is -2.67. The fourth-order valence-electron chi connectivity index (χ4n) is 1.65. The van der Waals surface area contributed by atoms with Gasteiger partial charge in [-0.2, -0.15) is 0 Å². The molecule has 3 aromatic rings. The standard InChI is InChI=1S/C14H9FN4OS/c15-11-5-3-9(4-6-11)12(20)17-14-19-18-13(21-14)10-2-1-7-16-8-10/h1-8H,(H,17,19,20). The Kier molecular flexibility index (Phi) is 3.65. The maximum Gasteiger partial charge on any atom is 0.257 e. The third-order valence-electron chi connectivity index (χ3n) is 2.66. The highest BCUT2D eigenvalue weighted by Crippen LogP contribution is 2.25. The highest BCUT2D eigenvalue weighted by Gasteiger charge is 2.11. The average molecular weight is 300 g/mol. The zero-order valence-electron chi connectivity index (χ0n) is 10.7. The van der Waals surface area contributed by atoms with Gasteiger partial charge in [0.15, 0.2) is 5.01 Å². The van der Waals surface area contributed by atoms with Crippen LogP contribution in [0, 0.1) is 5.82 Å². The minimum atomic E-state index is -0.388. The van der Waals surface area contributed by atoms with Gasteiger partial charge in [-0.1, -0.05) is 11.3 Å². The van der Waals surface area contributed by atoms with Crippen LogP contribution in [0.5, 0.6) is 0 Å². The number of anilines is 1. The molecule has 0 saturated heterocycles. The van der Waals surface area contributed by atoms with Crippen molar-refractivity contribution in [2.45, 2.75) is 0 Å². The fraction of sp³-hybridized carbons (Fsp3) is 0. The minimum absolute atomic E-state index is 0.356. The first kappa shape index (κ1) is 13.3. The molecule has 1 aromatic carbocycles. The third-order valence-corrected chi connectivity index (χ3v) is 3.55. The summed E-state index contributed by atoms with van der Waals surface area (Å²) < 4.78 is 12.8. The van der Waals surface area contributed by atoms with Crippen LogP contribution in [0.15, 0.2) is 48.8 Å². The van der Waals surface area contributed by atoms with Crippen molar-refractivity contribution < 1.29 is 9.18 Å². The maximum atomic E-state index is 12.8. The van der Waals surface area contributed by atoms with Crippen LogP contribution in [0.3, 0.4) is 0 Å². The smallest absolute Gasteiger partial charge is 0.257 e. The molecule has 1 N–H and O–H groups in total. The van der Waals surface area contributed by atoms with Crippen LogP contribution in [-0.2, 0) is 0 Å². The van der Waals surface area contributed by atoms with E-state index in [0.29, 0.717) is 15.7 Å². The lowest BCUT2D eigenvalue weighted by molar-refractivity contribution is 0.102. The number of halogens is 1. The highest BCUT2D eigenvalue weighted by atomic mass is 32.1. The molecule has 0 radical (unpaired) electrons. The maximum absolute atomic E-state index is 12.8. The van der Waals surface area contributed by atoms with E-state index in [2.05, 4.69) is 20.5 Å². The van der Waals surface area contributed by atoms with E-state index in [1.54, 1.807) is 18.5 Å². The van der Waals surface area contributed by atoms with Gasteiger partial charge in [-0.05, 0) is 36.4 Å². The summed E-state index contributed by atoms with van der Waals surface area (Å²) in [5.41, 5.74) is 1.19. The van der Waals surface area contributed by atoms with Crippen molar-refractivity contribution in [1.82, 2.24) is 15.2 Å². The summed E-state index contributed by atoms with van der Waals surface area (Å²) in [5, 5.41) is 11.6. The van der Waals surface area contributed by atoms with Gasteiger partial charge >= 0.3 is 0 Å². The molecule has 0 aliphatic carbocycles. The predicted molar refractivity (Wildman–Crippen MR) is 77.5 cm³/mol. The van der Waals surface area contributed by atoms with Gasteiger partial charge in [0.1, 0.15) is 5.82 Å². The van der Waals surface area contributed by atoms with E-state index in [1.807, 2.05) is 6.07 Å². The van der Waals surface area contributed by atoms with E-state index in [9.17, 15) is 9.18 Å². The largest absolute Gasteiger partial charge is 0.296 e. The number of pyridine rings is 1. The molecule has 0 unspecified atom stereocenters. The number of rotatable bonds is 3. The Labute approximate surface area is 123 Å². The van der Waals surface area contributed by atoms with Gasteiger partial charge < -0.3 is 0 Å². The van der Waals surface area contributed by atoms with E-state index in [-0.39, 0.29) is 11.7 Å². The van der Waals surface area contributed by atoms with E-state index in [1.165, 1.54) is 35.6 Å². The predicted octanol–water partition coefficient (Wildman–Crippen LogP) is 2.99. The van der Waals surface area contributed by atoms with E-state index >= 15 is 0 Å². The topological polar surface area (TPSA) is 67.8 Å². The van der Waals surface area contributed by atoms with Crippen molar-refractivity contribution in [2.75, 3.05) is 5.32 Å². The molecule has 0 bridgehead atoms. The van der Waals surface area contributed by atoms with Crippen LogP contribution in [0.25, 0.3) is 10.6 Å². The lowest BCUT2D eigenvalue weighted by Gasteiger charge is -2.00. The van der Waals surface area contributed by atoms with Gasteiger partial charge in [0.25, 0.3) is 5.91 Å². The van der Waals surface area contributed by atoms with E-state index < -0.39 is 0 Å². The number of aromatic nitrogens is 3. The number of hydrogen-bond donors (Lipinski definition) is 1. The Morgan fingerprint density at radius 3 is 2.67 bits per heavy atom. The van der Waals surface area contributed by atoms with Crippen molar-refractivity contribution in [3.8, 4) is 10.6 Å². The number of nitrogens with zero attached hydrogens (tertiary/aromatic N) is 3. The fourth-order valence-corrected chi connectivity index (χ4v) is 2.38. The van der Waals surface area contributed by atoms with Crippen molar-refractivity contribution in [2.24, 2.45) is 0 Å². The first-order valence-electron chi connectivity index (χ1n) is 6.03. The molecule has 21 heavy (non-hydrogen) atoms. The molecule has 1 amide bonds. The number of carbonyl (C=O) groups excluding carboxylic acids is 1. The summed E-state index contributed by atoms with van der Waals surface area (Å²) in [6, 6.07) is 8.94. The van der Waals surface area contributed by atoms with Gasteiger partial charge in [-0.25, -0.2) is 4.39 Å². The zero-order valence-corrected chi connectivity index (χ0v) is 11.5. The number of amides is 1. The average Bonchev–Trinajstić information content (AvgIpc) is 2.97. The Balaban J connectivity index is 1.75. The molecule has 0 aliphatic rings. The van der Waals surface area contributed by atoms with Crippen LogP contribution in [0.4, 0.5) is 9.52 Å². The Bertz CT molecular complexity index is 758. The lowest BCUT2D eigenvalue weighted by Crippen LogP contribution is -2.11. The van der Waals surface area contributed by atoms with Crippen LogP contribution in [-0.4, -0.2) is 21.1 Å². The Morgan fingerprint density at radius 2 is 1.95 bits per heavy atom. The van der Waals surface area contributed by atoms with Crippen molar-refractivity contribution >= 4 is 22.4 Å². The van der Waals surface area contributed by atoms with Crippen molar-refractivity contribution in [3.63, 3.8) is 0 Å². The van der Waals surface area contributed by atoms with E-state index in [0.717, 1.165) is 5.56 Å². The molecular formula is C14H9FN4OS. The lowest BCUT2D eigenvalue weighted by atomic mass is 10.2. The molecule has 5 nitrogen and oxygen atoms in total. The molecule has 0 saturated carbocycles. The van der Waals surface area contributed by atoms with E-state index in [4.69, 9.17) is 0 Å². The minimum Gasteiger partial charge on any atom is -0.296 e. The molecular weight excluding hydrogens is 291 g/mol. The zero-order chi connectivity index (χ0) is 14.7. The second-order valence-electron chi connectivity index (χ2n) is 4.12. The SMILES string of the molecule is O=C(Nc1nnc(-c2cccnc2)s1)c1ccc(F)cc1. The summed E-state index contributed by atoms with van der Waals surface area (Å²) in [6.07, 6.45) is 3.34. The van der Waals surface area contributed by atoms with Gasteiger partial charge in [-0.3, -0.25) is 15.1 Å². The number of hydrogen-bond acceptors (Lipinski definition) is 5. The first-order chi connectivity index (χ1) is 10.2. The monoisotopic (exact) mass is 300 g/mol. The highest BCUT2D eigenvalue weighted by molar-refractivity contribution is 7.18. The van der Waals surface area contributed by atoms with Crippen molar-refractivity contribution in [3.05, 3.63) is 60.2 Å². The third kappa shape index (κ3) is 3.09. The molecule has 0 fully saturated rings. The summed E-state index contributed by atoms with van der Waals surface area (Å²) in [7, 11) is 0. The summed E-state index contributed by atoms with van der Waals surface area (Å²) in [6.45, 7) is 0. The van der Waals surface area contributed by atoms with Crippen LogP contribution < -0.4 is 5.32 Å². The van der Waals surface area contributed by atoms with Crippen LogP contribution in [0.2, 0.25) is 0 Å². The van der Waals surface area contributed by atoms with Gasteiger partial charge in [0, 0.05) is 23.5 Å². The quantitative estimate of drug-likeness (QED) is 0.807. The second-order valence-corrected chi connectivity index (χ2v) is 5.09. The number of carbonyl (C=O) groups is 1. The van der Waals surface area contributed by atoms with Crippen molar-refractivity contribution in [1.29, 1.82) is 0 Å². The normalized spacial score (nSPS) is 10.3. The molecule has 104 valence electrons. The molecule has 0 atom stereocenters. The van der Waals surface area contributed by atoms with Gasteiger partial charge in [0.2, 0.25) is 5.13 Å². The molecule has 2 heterocycles. The molecule has 3 rings (SSSR count). The van der Waals surface area contributed by atoms with Gasteiger partial charge in [0.05, 0.1) is 0 Å². The molecule has 0 aliphatic heterocycles. The molecule has 2 aromatic heterocycles. The molecule has 0 spiro atoms. The van der Waals surface area contributed by atoms with Crippen LogP contribution in [0.1, 0.15) is 10.4 Å². The Morgan fingerprint density at radius 1 is 1.14 bits per heavy atom.